The fourth-order valence-electron chi connectivity index (χ4n) is 1.81. The molecule has 1 aliphatic carbocycles. The van der Waals surface area contributed by atoms with Crippen molar-refractivity contribution in [3.8, 4) is 0 Å². The SMILES string of the molecule is C/C=C\C(CC)CO.C=CC.Cc1nc(N)nc(NC2CC2)c1C. The Morgan fingerprint density at radius 2 is 1.92 bits per heavy atom. The minimum Gasteiger partial charge on any atom is -0.396 e. The summed E-state index contributed by atoms with van der Waals surface area (Å²) in [5.74, 6) is 1.62. The second kappa shape index (κ2) is 12.5. The van der Waals surface area contributed by atoms with Crippen molar-refractivity contribution >= 4 is 11.8 Å². The molecule has 1 fully saturated rings. The highest BCUT2D eigenvalue weighted by atomic mass is 16.3. The van der Waals surface area contributed by atoms with Gasteiger partial charge in [0.25, 0.3) is 0 Å². The number of aromatic nitrogens is 2. The predicted octanol–water partition coefficient (Wildman–Crippen LogP) is 4.02. The van der Waals surface area contributed by atoms with Crippen LogP contribution in [0.15, 0.2) is 24.8 Å². The van der Waals surface area contributed by atoms with Crippen LogP contribution in [-0.2, 0) is 0 Å². The highest BCUT2D eigenvalue weighted by Gasteiger charge is 2.22. The molecule has 1 saturated carbocycles. The molecule has 1 heterocycles. The number of hydrogen-bond donors (Lipinski definition) is 3. The first-order chi connectivity index (χ1) is 11.4. The summed E-state index contributed by atoms with van der Waals surface area (Å²) in [6.07, 6.45) is 9.26. The Labute approximate surface area is 147 Å². The predicted molar refractivity (Wildman–Crippen MR) is 104 cm³/mol. The standard InChI is InChI=1S/C9H14N4.C7H14O.C3H6/c1-5-6(2)11-9(10)13-8(5)12-7-3-4-7;1-3-5-7(4-2)6-8;1-3-2/h7H,3-4H2,1-2H3,(H3,10,11,12,13);3,5,7-8H,4,6H2,1-2H3;3H,1H2,2H3/b;5-3-;. The minimum absolute atomic E-state index is 0.279. The van der Waals surface area contributed by atoms with Crippen LogP contribution in [0.25, 0.3) is 0 Å². The normalized spacial score (nSPS) is 14.1. The number of hydrogen-bond acceptors (Lipinski definition) is 5. The second-order valence-electron chi connectivity index (χ2n) is 5.84. The summed E-state index contributed by atoms with van der Waals surface area (Å²) in [6.45, 7) is 13.5. The van der Waals surface area contributed by atoms with E-state index in [1.165, 1.54) is 12.8 Å². The Morgan fingerprint density at radius 3 is 2.29 bits per heavy atom. The van der Waals surface area contributed by atoms with Gasteiger partial charge in [0.2, 0.25) is 5.95 Å². The van der Waals surface area contributed by atoms with E-state index < -0.39 is 0 Å². The highest BCUT2D eigenvalue weighted by Crippen LogP contribution is 2.26. The molecule has 24 heavy (non-hydrogen) atoms. The van der Waals surface area contributed by atoms with Gasteiger partial charge in [0.05, 0.1) is 0 Å². The smallest absolute Gasteiger partial charge is 0.222 e. The molecule has 0 bridgehead atoms. The van der Waals surface area contributed by atoms with E-state index in [2.05, 4.69) is 28.8 Å². The van der Waals surface area contributed by atoms with Crippen LogP contribution in [0.5, 0.6) is 0 Å². The third kappa shape index (κ3) is 9.30. The first-order valence-corrected chi connectivity index (χ1v) is 8.61. The maximum Gasteiger partial charge on any atom is 0.222 e. The van der Waals surface area contributed by atoms with Crippen LogP contribution >= 0.6 is 0 Å². The summed E-state index contributed by atoms with van der Waals surface area (Å²) < 4.78 is 0. The molecule has 136 valence electrons. The Kier molecular flexibility index (Phi) is 11.5. The molecule has 2 rings (SSSR count). The molecule has 1 aromatic rings. The lowest BCUT2D eigenvalue weighted by Crippen LogP contribution is -2.09. The Morgan fingerprint density at radius 1 is 1.33 bits per heavy atom. The van der Waals surface area contributed by atoms with Crippen molar-refractivity contribution in [3.05, 3.63) is 36.1 Å². The third-order valence-corrected chi connectivity index (χ3v) is 3.55. The van der Waals surface area contributed by atoms with Gasteiger partial charge >= 0.3 is 0 Å². The average molecular weight is 335 g/mol. The van der Waals surface area contributed by atoms with Gasteiger partial charge in [-0.05, 0) is 52.9 Å². The van der Waals surface area contributed by atoms with Crippen LogP contribution in [0.3, 0.4) is 0 Å². The number of rotatable bonds is 5. The molecule has 5 nitrogen and oxygen atoms in total. The van der Waals surface area contributed by atoms with Crippen LogP contribution in [0.4, 0.5) is 11.8 Å². The van der Waals surface area contributed by atoms with Crippen molar-refractivity contribution in [2.75, 3.05) is 17.7 Å². The molecule has 0 saturated heterocycles. The Balaban J connectivity index is 0.000000415. The number of aryl methyl sites for hydroxylation is 1. The summed E-state index contributed by atoms with van der Waals surface area (Å²) in [6, 6.07) is 0.604. The second-order valence-corrected chi connectivity index (χ2v) is 5.84. The lowest BCUT2D eigenvalue weighted by Gasteiger charge is -2.09. The van der Waals surface area contributed by atoms with Crippen LogP contribution in [0.2, 0.25) is 0 Å². The molecule has 1 aromatic heterocycles. The van der Waals surface area contributed by atoms with Gasteiger partial charge in [0.15, 0.2) is 0 Å². The maximum absolute atomic E-state index is 8.61. The summed E-state index contributed by atoms with van der Waals surface area (Å²) in [4.78, 5) is 8.26. The zero-order valence-electron chi connectivity index (χ0n) is 15.8. The molecule has 0 aromatic carbocycles. The number of aliphatic hydroxyl groups is 1. The monoisotopic (exact) mass is 334 g/mol. The molecule has 1 unspecified atom stereocenters. The van der Waals surface area contributed by atoms with Gasteiger partial charge in [-0.3, -0.25) is 0 Å². The van der Waals surface area contributed by atoms with E-state index in [4.69, 9.17) is 10.8 Å². The van der Waals surface area contributed by atoms with Gasteiger partial charge in [0.1, 0.15) is 5.82 Å². The number of aliphatic hydroxyl groups excluding tert-OH is 1. The van der Waals surface area contributed by atoms with Crippen LogP contribution in [-0.4, -0.2) is 27.7 Å². The van der Waals surface area contributed by atoms with E-state index in [1.54, 1.807) is 6.08 Å². The first-order valence-electron chi connectivity index (χ1n) is 8.61. The van der Waals surface area contributed by atoms with Gasteiger partial charge in [-0.25, -0.2) is 4.98 Å². The van der Waals surface area contributed by atoms with Crippen LogP contribution in [0, 0.1) is 19.8 Å². The molecule has 1 aliphatic rings. The van der Waals surface area contributed by atoms with Gasteiger partial charge < -0.3 is 16.2 Å². The van der Waals surface area contributed by atoms with E-state index >= 15 is 0 Å². The molecule has 0 aliphatic heterocycles. The molecule has 0 radical (unpaired) electrons. The Hall–Kier alpha value is -1.88. The van der Waals surface area contributed by atoms with Crippen molar-refractivity contribution in [1.82, 2.24) is 9.97 Å². The van der Waals surface area contributed by atoms with Gasteiger partial charge in [-0.15, -0.1) is 6.58 Å². The summed E-state index contributed by atoms with van der Waals surface area (Å²) in [7, 11) is 0. The molecule has 1 atom stereocenters. The van der Waals surface area contributed by atoms with Crippen molar-refractivity contribution in [3.63, 3.8) is 0 Å². The van der Waals surface area contributed by atoms with Crippen molar-refractivity contribution in [2.24, 2.45) is 5.92 Å². The van der Waals surface area contributed by atoms with Crippen LogP contribution in [0.1, 0.15) is 51.3 Å². The number of allylic oxidation sites excluding steroid dienone is 2. The summed E-state index contributed by atoms with van der Waals surface area (Å²) >= 11 is 0. The molecule has 5 heteroatoms. The number of nitrogens with zero attached hydrogens (tertiary/aromatic N) is 2. The number of nitrogen functional groups attached to an aromatic ring is 1. The van der Waals surface area contributed by atoms with E-state index in [1.807, 2.05) is 39.8 Å². The van der Waals surface area contributed by atoms with Crippen molar-refractivity contribution in [1.29, 1.82) is 0 Å². The van der Waals surface area contributed by atoms with E-state index in [9.17, 15) is 0 Å². The summed E-state index contributed by atoms with van der Waals surface area (Å²) in [5, 5.41) is 11.9. The molecule has 4 N–H and O–H groups in total. The number of nitrogens with one attached hydrogen (secondary N) is 1. The number of anilines is 2. The van der Waals surface area contributed by atoms with Gasteiger partial charge in [0, 0.05) is 23.9 Å². The highest BCUT2D eigenvalue weighted by molar-refractivity contribution is 5.49. The largest absolute Gasteiger partial charge is 0.396 e. The van der Waals surface area contributed by atoms with E-state index in [-0.39, 0.29) is 6.61 Å². The van der Waals surface area contributed by atoms with E-state index in [0.29, 0.717) is 17.9 Å². The average Bonchev–Trinajstić information content (AvgIpc) is 3.35. The van der Waals surface area contributed by atoms with Crippen molar-refractivity contribution < 1.29 is 5.11 Å². The lowest BCUT2D eigenvalue weighted by molar-refractivity contribution is 0.249. The lowest BCUT2D eigenvalue weighted by atomic mass is 10.1. The Bertz CT molecular complexity index is 506. The quantitative estimate of drug-likeness (QED) is 0.708. The maximum atomic E-state index is 8.61. The zero-order valence-corrected chi connectivity index (χ0v) is 15.8. The van der Waals surface area contributed by atoms with Crippen molar-refractivity contribution in [2.45, 2.75) is 59.9 Å². The fraction of sp³-hybridized carbons (Fsp3) is 0.579. The minimum atomic E-state index is 0.279. The molecular formula is C19H34N4O. The van der Waals surface area contributed by atoms with E-state index in [0.717, 1.165) is 23.5 Å². The fourth-order valence-corrected chi connectivity index (χ4v) is 1.81. The third-order valence-electron chi connectivity index (χ3n) is 3.55. The van der Waals surface area contributed by atoms with Gasteiger partial charge in [-0.1, -0.05) is 25.2 Å². The van der Waals surface area contributed by atoms with Crippen LogP contribution < -0.4 is 11.1 Å². The molecule has 0 spiro atoms. The molecular weight excluding hydrogens is 300 g/mol. The first kappa shape index (κ1) is 22.1. The number of nitrogens with two attached hydrogens (primary N) is 1. The van der Waals surface area contributed by atoms with Gasteiger partial charge in [-0.2, -0.15) is 4.98 Å². The zero-order chi connectivity index (χ0) is 18.5. The molecule has 0 amide bonds. The topological polar surface area (TPSA) is 84.1 Å². The summed E-state index contributed by atoms with van der Waals surface area (Å²) in [5.41, 5.74) is 7.61.